The number of benzene rings is 1. The highest BCUT2D eigenvalue weighted by Gasteiger charge is 2.24. The number of nitriles is 1. The molecule has 1 aliphatic heterocycles. The third-order valence-corrected chi connectivity index (χ3v) is 7.74. The minimum Gasteiger partial charge on any atom is -0.324 e. The molecule has 1 fully saturated rings. The fourth-order valence-corrected chi connectivity index (χ4v) is 5.58. The topological polar surface area (TPSA) is 121 Å². The van der Waals surface area contributed by atoms with Gasteiger partial charge in [0.05, 0.1) is 6.26 Å². The Bertz CT molecular complexity index is 1450. The minimum atomic E-state index is -3.22. The first-order chi connectivity index (χ1) is 15.8. The standard InChI is InChI=1S/C23H24N6O3S/c1-33(31,32)28-9-8-15-11-19(7-6-16(15)14-28)26-23-25-13-18-10-17(12-24)22(30)29(21(18)27-23)20-4-2-3-5-20/h6-7,10-11,13,20H,2-5,8-9,14H2,1H3,(H,25,26,27). The van der Waals surface area contributed by atoms with E-state index in [2.05, 4.69) is 15.3 Å². The molecule has 0 bridgehead atoms. The van der Waals surface area contributed by atoms with Gasteiger partial charge in [0, 0.05) is 36.4 Å². The van der Waals surface area contributed by atoms with Crippen molar-refractivity contribution in [3.05, 3.63) is 57.5 Å². The number of aromatic nitrogens is 3. The van der Waals surface area contributed by atoms with E-state index in [-0.39, 0.29) is 17.2 Å². The molecule has 9 nitrogen and oxygen atoms in total. The van der Waals surface area contributed by atoms with Crippen LogP contribution in [0.15, 0.2) is 35.3 Å². The molecular weight excluding hydrogens is 440 g/mol. The number of rotatable bonds is 4. The summed E-state index contributed by atoms with van der Waals surface area (Å²) in [5, 5.41) is 13.3. The van der Waals surface area contributed by atoms with Gasteiger partial charge in [-0.3, -0.25) is 9.36 Å². The van der Waals surface area contributed by atoms with E-state index < -0.39 is 10.0 Å². The molecule has 1 aromatic carbocycles. The van der Waals surface area contributed by atoms with Crippen LogP contribution in [0, 0.1) is 11.3 Å². The summed E-state index contributed by atoms with van der Waals surface area (Å²) in [5.74, 6) is 0.367. The van der Waals surface area contributed by atoms with Crippen LogP contribution in [-0.2, 0) is 23.0 Å². The molecule has 0 amide bonds. The molecule has 0 atom stereocenters. The van der Waals surface area contributed by atoms with E-state index in [0.717, 1.165) is 42.5 Å². The van der Waals surface area contributed by atoms with Crippen molar-refractivity contribution in [1.82, 2.24) is 18.8 Å². The van der Waals surface area contributed by atoms with Crippen molar-refractivity contribution in [3.8, 4) is 6.07 Å². The van der Waals surface area contributed by atoms with Crippen molar-refractivity contribution in [1.29, 1.82) is 5.26 Å². The first-order valence-corrected chi connectivity index (χ1v) is 12.8. The van der Waals surface area contributed by atoms with E-state index >= 15 is 0 Å². The van der Waals surface area contributed by atoms with Crippen LogP contribution >= 0.6 is 0 Å². The van der Waals surface area contributed by atoms with Crippen molar-refractivity contribution in [3.63, 3.8) is 0 Å². The highest BCUT2D eigenvalue weighted by Crippen LogP contribution is 2.31. The molecule has 3 aromatic rings. The predicted octanol–water partition coefficient (Wildman–Crippen LogP) is 2.84. The van der Waals surface area contributed by atoms with E-state index in [0.29, 0.717) is 36.5 Å². The van der Waals surface area contributed by atoms with Crippen LogP contribution in [0.4, 0.5) is 11.6 Å². The Kier molecular flexibility index (Phi) is 5.38. The SMILES string of the molecule is CS(=O)(=O)N1CCc2cc(Nc3ncc4cc(C#N)c(=O)n(C5CCCC5)c4n3)ccc2C1. The summed E-state index contributed by atoms with van der Waals surface area (Å²) in [7, 11) is -3.22. The van der Waals surface area contributed by atoms with E-state index in [1.807, 2.05) is 24.3 Å². The van der Waals surface area contributed by atoms with Gasteiger partial charge in [-0.15, -0.1) is 0 Å². The zero-order chi connectivity index (χ0) is 23.2. The Morgan fingerprint density at radius 2 is 1.97 bits per heavy atom. The molecule has 170 valence electrons. The van der Waals surface area contributed by atoms with Gasteiger partial charge in [0.2, 0.25) is 16.0 Å². The maximum absolute atomic E-state index is 12.9. The summed E-state index contributed by atoms with van der Waals surface area (Å²) in [5.41, 5.74) is 3.20. The third kappa shape index (κ3) is 4.10. The molecule has 0 spiro atoms. The first kappa shape index (κ1) is 21.6. The molecule has 1 aliphatic carbocycles. The number of hydrogen-bond acceptors (Lipinski definition) is 7. The molecule has 1 N–H and O–H groups in total. The van der Waals surface area contributed by atoms with Crippen LogP contribution < -0.4 is 10.9 Å². The highest BCUT2D eigenvalue weighted by atomic mass is 32.2. The molecule has 33 heavy (non-hydrogen) atoms. The van der Waals surface area contributed by atoms with Gasteiger partial charge in [0.1, 0.15) is 17.3 Å². The van der Waals surface area contributed by atoms with Gasteiger partial charge in [0.15, 0.2) is 0 Å². The fraction of sp³-hybridized carbons (Fsp3) is 0.391. The molecule has 0 unspecified atom stereocenters. The van der Waals surface area contributed by atoms with Gasteiger partial charge in [-0.2, -0.15) is 14.6 Å². The quantitative estimate of drug-likeness (QED) is 0.630. The molecular formula is C23H24N6O3S. The Balaban J connectivity index is 1.49. The average molecular weight is 465 g/mol. The van der Waals surface area contributed by atoms with Crippen molar-refractivity contribution in [2.45, 2.75) is 44.7 Å². The lowest BCUT2D eigenvalue weighted by atomic mass is 10.0. The number of fused-ring (bicyclic) bond motifs is 2. The molecule has 3 heterocycles. The number of sulfonamides is 1. The van der Waals surface area contributed by atoms with E-state index in [1.165, 1.54) is 10.6 Å². The van der Waals surface area contributed by atoms with Crippen molar-refractivity contribution >= 4 is 32.7 Å². The summed E-state index contributed by atoms with van der Waals surface area (Å²) in [4.78, 5) is 22.0. The van der Waals surface area contributed by atoms with Gasteiger partial charge in [0.25, 0.3) is 5.56 Å². The lowest BCUT2D eigenvalue weighted by Gasteiger charge is -2.27. The van der Waals surface area contributed by atoms with Crippen LogP contribution in [0.5, 0.6) is 0 Å². The lowest BCUT2D eigenvalue weighted by molar-refractivity contribution is 0.395. The summed E-state index contributed by atoms with van der Waals surface area (Å²) < 4.78 is 26.9. The maximum atomic E-state index is 12.9. The second-order valence-electron chi connectivity index (χ2n) is 8.71. The Morgan fingerprint density at radius 3 is 2.70 bits per heavy atom. The van der Waals surface area contributed by atoms with Crippen LogP contribution in [0.25, 0.3) is 11.0 Å². The smallest absolute Gasteiger partial charge is 0.270 e. The largest absolute Gasteiger partial charge is 0.324 e. The van der Waals surface area contributed by atoms with Gasteiger partial charge in [-0.25, -0.2) is 13.4 Å². The molecule has 2 aliphatic rings. The number of pyridine rings is 1. The van der Waals surface area contributed by atoms with Crippen molar-refractivity contribution in [2.24, 2.45) is 0 Å². The minimum absolute atomic E-state index is 0.0394. The zero-order valence-electron chi connectivity index (χ0n) is 18.3. The normalized spacial score (nSPS) is 17.1. The van der Waals surface area contributed by atoms with E-state index in [9.17, 15) is 18.5 Å². The molecule has 0 saturated heterocycles. The summed E-state index contributed by atoms with van der Waals surface area (Å²) in [6.07, 6.45) is 7.40. The molecule has 2 aromatic heterocycles. The Labute approximate surface area is 191 Å². The van der Waals surface area contributed by atoms with E-state index in [4.69, 9.17) is 0 Å². The number of anilines is 2. The Morgan fingerprint density at radius 1 is 1.18 bits per heavy atom. The maximum Gasteiger partial charge on any atom is 0.270 e. The second-order valence-corrected chi connectivity index (χ2v) is 10.7. The van der Waals surface area contributed by atoms with E-state index in [1.54, 1.807) is 16.8 Å². The van der Waals surface area contributed by atoms with Gasteiger partial charge in [-0.05, 0) is 48.6 Å². The molecule has 10 heteroatoms. The van der Waals surface area contributed by atoms with Crippen molar-refractivity contribution < 1.29 is 8.42 Å². The second kappa shape index (κ2) is 8.24. The lowest BCUT2D eigenvalue weighted by Crippen LogP contribution is -2.35. The van der Waals surface area contributed by atoms with Gasteiger partial charge < -0.3 is 5.32 Å². The van der Waals surface area contributed by atoms with Crippen LogP contribution in [-0.4, -0.2) is 40.1 Å². The van der Waals surface area contributed by atoms with Crippen LogP contribution in [0.3, 0.4) is 0 Å². The summed E-state index contributed by atoms with van der Waals surface area (Å²) in [6, 6.07) is 9.38. The number of nitrogens with one attached hydrogen (secondary N) is 1. The van der Waals surface area contributed by atoms with Crippen LogP contribution in [0.1, 0.15) is 48.4 Å². The zero-order valence-corrected chi connectivity index (χ0v) is 19.1. The number of nitrogens with zero attached hydrogens (tertiary/aromatic N) is 5. The molecule has 5 rings (SSSR count). The van der Waals surface area contributed by atoms with Gasteiger partial charge in [-0.1, -0.05) is 18.9 Å². The average Bonchev–Trinajstić information content (AvgIpc) is 3.32. The Hall–Kier alpha value is -3.29. The summed E-state index contributed by atoms with van der Waals surface area (Å²) in [6.45, 7) is 0.826. The summed E-state index contributed by atoms with van der Waals surface area (Å²) >= 11 is 0. The van der Waals surface area contributed by atoms with Gasteiger partial charge >= 0.3 is 0 Å². The highest BCUT2D eigenvalue weighted by molar-refractivity contribution is 7.88. The predicted molar refractivity (Wildman–Crippen MR) is 125 cm³/mol. The molecule has 0 radical (unpaired) electrons. The van der Waals surface area contributed by atoms with Crippen LogP contribution in [0.2, 0.25) is 0 Å². The first-order valence-electron chi connectivity index (χ1n) is 11.0. The molecule has 1 saturated carbocycles. The fourth-order valence-electron chi connectivity index (χ4n) is 4.78. The van der Waals surface area contributed by atoms with Crippen molar-refractivity contribution in [2.75, 3.05) is 18.1 Å². The number of hydrogen-bond donors (Lipinski definition) is 1. The third-order valence-electron chi connectivity index (χ3n) is 6.49. The monoisotopic (exact) mass is 464 g/mol.